The number of carbonyl (C=O) groups is 1. The van der Waals surface area contributed by atoms with Crippen LogP contribution in [0.4, 0.5) is 11.4 Å². The van der Waals surface area contributed by atoms with Crippen molar-refractivity contribution in [1.29, 1.82) is 0 Å². The number of furan rings is 1. The summed E-state index contributed by atoms with van der Waals surface area (Å²) in [6.45, 7) is 1.95. The molecule has 0 spiro atoms. The molecule has 1 aliphatic heterocycles. The van der Waals surface area contributed by atoms with Crippen molar-refractivity contribution in [2.45, 2.75) is 25.3 Å². The number of benzene rings is 1. The molecule has 1 saturated heterocycles. The van der Waals surface area contributed by atoms with Gasteiger partial charge >= 0.3 is 0 Å². The number of carbonyl (C=O) groups excluding carboxylic acids is 1. The average Bonchev–Trinajstić information content (AvgIpc) is 3.22. The molecule has 0 aliphatic carbocycles. The molecular weight excluding hydrogens is 360 g/mol. The summed E-state index contributed by atoms with van der Waals surface area (Å²) in [5.74, 6) is 0.406. The summed E-state index contributed by atoms with van der Waals surface area (Å²) in [7, 11) is 3.80. The molecule has 1 aromatic heterocycles. The Balaban J connectivity index is 1.74. The Morgan fingerprint density at radius 1 is 1.29 bits per heavy atom. The summed E-state index contributed by atoms with van der Waals surface area (Å²) in [5.41, 5.74) is 0.845. The van der Waals surface area contributed by atoms with Gasteiger partial charge in [0.15, 0.2) is 0 Å². The van der Waals surface area contributed by atoms with Crippen LogP contribution < -0.4 is 10.2 Å². The molecular formula is C20H26N4O4. The van der Waals surface area contributed by atoms with E-state index in [4.69, 9.17) is 4.42 Å². The summed E-state index contributed by atoms with van der Waals surface area (Å²) in [6.07, 6.45) is 4.79. The minimum absolute atomic E-state index is 0.0234. The molecule has 1 atom stereocenters. The third kappa shape index (κ3) is 4.51. The number of nitro benzene ring substituents is 1. The number of amides is 1. The van der Waals surface area contributed by atoms with Crippen molar-refractivity contribution in [2.75, 3.05) is 38.6 Å². The van der Waals surface area contributed by atoms with Gasteiger partial charge in [-0.3, -0.25) is 19.8 Å². The Hall–Kier alpha value is -2.87. The van der Waals surface area contributed by atoms with Crippen molar-refractivity contribution in [3.8, 4) is 0 Å². The fourth-order valence-electron chi connectivity index (χ4n) is 3.52. The van der Waals surface area contributed by atoms with Crippen LogP contribution in [0.5, 0.6) is 0 Å². The summed E-state index contributed by atoms with van der Waals surface area (Å²) in [6, 6.07) is 8.25. The molecule has 0 unspecified atom stereocenters. The van der Waals surface area contributed by atoms with Crippen LogP contribution >= 0.6 is 0 Å². The maximum absolute atomic E-state index is 12.6. The van der Waals surface area contributed by atoms with Gasteiger partial charge in [-0.1, -0.05) is 0 Å². The average molecular weight is 386 g/mol. The van der Waals surface area contributed by atoms with Gasteiger partial charge in [0.2, 0.25) is 0 Å². The highest BCUT2D eigenvalue weighted by molar-refractivity contribution is 5.95. The molecule has 1 N–H and O–H groups in total. The molecule has 0 saturated carbocycles. The molecule has 1 amide bonds. The smallest absolute Gasteiger partial charge is 0.293 e. The minimum Gasteiger partial charge on any atom is -0.468 e. The van der Waals surface area contributed by atoms with E-state index in [1.807, 2.05) is 30.0 Å². The number of anilines is 1. The third-order valence-electron chi connectivity index (χ3n) is 5.08. The number of nitrogens with zero attached hydrogens (tertiary/aromatic N) is 3. The van der Waals surface area contributed by atoms with Gasteiger partial charge in [0.1, 0.15) is 11.4 Å². The van der Waals surface area contributed by atoms with Gasteiger partial charge in [-0.05, 0) is 57.6 Å². The quantitative estimate of drug-likeness (QED) is 0.580. The molecule has 0 radical (unpaired) electrons. The second kappa shape index (κ2) is 8.88. The number of likely N-dealkylation sites (N-methyl/N-ethyl adjacent to an activating group) is 1. The van der Waals surface area contributed by atoms with Gasteiger partial charge in [0.25, 0.3) is 11.6 Å². The van der Waals surface area contributed by atoms with Gasteiger partial charge in [0, 0.05) is 31.3 Å². The lowest BCUT2D eigenvalue weighted by Gasteiger charge is -2.28. The molecule has 1 fully saturated rings. The lowest BCUT2D eigenvalue weighted by Crippen LogP contribution is -2.34. The van der Waals surface area contributed by atoms with Gasteiger partial charge < -0.3 is 14.6 Å². The van der Waals surface area contributed by atoms with Gasteiger partial charge in [-0.15, -0.1) is 0 Å². The maximum atomic E-state index is 12.6. The first-order valence-electron chi connectivity index (χ1n) is 9.49. The molecule has 150 valence electrons. The van der Waals surface area contributed by atoms with E-state index in [-0.39, 0.29) is 23.2 Å². The van der Waals surface area contributed by atoms with E-state index in [0.29, 0.717) is 12.2 Å². The van der Waals surface area contributed by atoms with E-state index < -0.39 is 4.92 Å². The van der Waals surface area contributed by atoms with Crippen molar-refractivity contribution < 1.29 is 14.1 Å². The second-order valence-corrected chi connectivity index (χ2v) is 7.21. The van der Waals surface area contributed by atoms with Gasteiger partial charge in [0.05, 0.1) is 17.2 Å². The van der Waals surface area contributed by atoms with E-state index in [1.165, 1.54) is 6.07 Å². The molecule has 1 aromatic carbocycles. The number of nitro groups is 1. The third-order valence-corrected chi connectivity index (χ3v) is 5.08. The molecule has 2 heterocycles. The number of nitrogens with one attached hydrogen (secondary N) is 1. The van der Waals surface area contributed by atoms with E-state index in [2.05, 4.69) is 5.32 Å². The van der Waals surface area contributed by atoms with E-state index in [9.17, 15) is 14.9 Å². The first-order valence-corrected chi connectivity index (χ1v) is 9.49. The van der Waals surface area contributed by atoms with Crippen LogP contribution in [0.3, 0.4) is 0 Å². The van der Waals surface area contributed by atoms with Crippen LogP contribution in [-0.4, -0.2) is 49.5 Å². The minimum atomic E-state index is -0.411. The highest BCUT2D eigenvalue weighted by Gasteiger charge is 2.24. The predicted molar refractivity (Wildman–Crippen MR) is 107 cm³/mol. The summed E-state index contributed by atoms with van der Waals surface area (Å²) < 4.78 is 5.44. The Kier molecular flexibility index (Phi) is 6.30. The molecule has 2 aromatic rings. The largest absolute Gasteiger partial charge is 0.468 e. The van der Waals surface area contributed by atoms with Gasteiger partial charge in [-0.25, -0.2) is 0 Å². The van der Waals surface area contributed by atoms with Crippen LogP contribution in [0.2, 0.25) is 0 Å². The Morgan fingerprint density at radius 2 is 2.04 bits per heavy atom. The summed E-state index contributed by atoms with van der Waals surface area (Å²) in [5, 5.41) is 14.4. The van der Waals surface area contributed by atoms with Crippen molar-refractivity contribution in [3.63, 3.8) is 0 Å². The van der Waals surface area contributed by atoms with Crippen LogP contribution in [0.1, 0.15) is 41.4 Å². The molecule has 3 rings (SSSR count). The number of piperidine rings is 1. The maximum Gasteiger partial charge on any atom is 0.293 e. The van der Waals surface area contributed by atoms with E-state index in [0.717, 1.165) is 38.1 Å². The van der Waals surface area contributed by atoms with Crippen molar-refractivity contribution in [1.82, 2.24) is 10.2 Å². The molecule has 8 heteroatoms. The standard InChI is InChI=1S/C20H26N4O4/c1-22(2)18(19-7-6-12-28-19)14-21-20(25)15-8-9-16(17(13-15)24(26)27)23-10-4-3-5-11-23/h6-9,12-13,18H,3-5,10-11,14H2,1-2H3,(H,21,25)/t18-/m0/s1. The number of hydrogen-bond acceptors (Lipinski definition) is 6. The molecule has 28 heavy (non-hydrogen) atoms. The fraction of sp³-hybridized carbons (Fsp3) is 0.450. The van der Waals surface area contributed by atoms with Crippen molar-refractivity contribution in [3.05, 3.63) is 58.0 Å². The monoisotopic (exact) mass is 386 g/mol. The first-order chi connectivity index (χ1) is 13.5. The SMILES string of the molecule is CN(C)[C@@H](CNC(=O)c1ccc(N2CCCCC2)c([N+](=O)[O-])c1)c1ccco1. The number of rotatable bonds is 7. The summed E-state index contributed by atoms with van der Waals surface area (Å²) in [4.78, 5) is 27.8. The van der Waals surface area contributed by atoms with Crippen LogP contribution in [0.15, 0.2) is 41.0 Å². The lowest BCUT2D eigenvalue weighted by molar-refractivity contribution is -0.384. The van der Waals surface area contributed by atoms with Crippen LogP contribution in [-0.2, 0) is 0 Å². The topological polar surface area (TPSA) is 91.9 Å². The highest BCUT2D eigenvalue weighted by atomic mass is 16.6. The van der Waals surface area contributed by atoms with Crippen molar-refractivity contribution in [2.24, 2.45) is 0 Å². The normalized spacial score (nSPS) is 15.5. The second-order valence-electron chi connectivity index (χ2n) is 7.21. The Morgan fingerprint density at radius 3 is 2.64 bits per heavy atom. The van der Waals surface area contributed by atoms with E-state index in [1.54, 1.807) is 24.5 Å². The van der Waals surface area contributed by atoms with E-state index >= 15 is 0 Å². The van der Waals surface area contributed by atoms with Gasteiger partial charge in [-0.2, -0.15) is 0 Å². The van der Waals surface area contributed by atoms with Crippen molar-refractivity contribution >= 4 is 17.3 Å². The zero-order valence-corrected chi connectivity index (χ0v) is 16.3. The fourth-order valence-corrected chi connectivity index (χ4v) is 3.52. The first kappa shape index (κ1) is 19.9. The predicted octanol–water partition coefficient (Wildman–Crippen LogP) is 3.21. The Bertz CT molecular complexity index is 814. The molecule has 0 bridgehead atoms. The lowest BCUT2D eigenvalue weighted by atomic mass is 10.1. The van der Waals surface area contributed by atoms with Crippen LogP contribution in [0, 0.1) is 10.1 Å². The highest BCUT2D eigenvalue weighted by Crippen LogP contribution is 2.31. The molecule has 8 nitrogen and oxygen atoms in total. The van der Waals surface area contributed by atoms with Crippen LogP contribution in [0.25, 0.3) is 0 Å². The number of hydrogen-bond donors (Lipinski definition) is 1. The Labute approximate surface area is 164 Å². The molecule has 1 aliphatic rings. The zero-order valence-electron chi connectivity index (χ0n) is 16.3. The zero-order chi connectivity index (χ0) is 20.1. The summed E-state index contributed by atoms with van der Waals surface area (Å²) >= 11 is 0.